The van der Waals surface area contributed by atoms with Crippen LogP contribution in [-0.4, -0.2) is 12.5 Å². The fourth-order valence-corrected chi connectivity index (χ4v) is 4.57. The van der Waals surface area contributed by atoms with Crippen LogP contribution in [0.15, 0.2) is 48.6 Å². The molecule has 3 atom stereocenters. The summed E-state index contributed by atoms with van der Waals surface area (Å²) in [6, 6.07) is 11.8. The van der Waals surface area contributed by atoms with Crippen molar-refractivity contribution in [2.75, 3.05) is 11.9 Å². The molecule has 2 N–H and O–H groups in total. The average Bonchev–Trinajstić information content (AvgIpc) is 3.17. The minimum absolute atomic E-state index is 0.0156. The Morgan fingerprint density at radius 2 is 2.07 bits per heavy atom. The van der Waals surface area contributed by atoms with Crippen LogP contribution in [0, 0.1) is 5.92 Å². The molecule has 0 fully saturated rings. The zero-order valence-corrected chi connectivity index (χ0v) is 16.6. The number of anilines is 1. The Labute approximate surface area is 169 Å². The van der Waals surface area contributed by atoms with Crippen molar-refractivity contribution in [2.24, 2.45) is 5.92 Å². The molecule has 1 amide bonds. The number of carbonyl (C=O) groups excluding carboxylic acids is 1. The maximum atomic E-state index is 12.4. The van der Waals surface area contributed by atoms with Crippen LogP contribution in [0.3, 0.4) is 0 Å². The molecule has 0 saturated heterocycles. The van der Waals surface area contributed by atoms with E-state index in [1.54, 1.807) is 0 Å². The number of nitrogens with one attached hydrogen (secondary N) is 2. The van der Waals surface area contributed by atoms with Crippen molar-refractivity contribution in [3.05, 3.63) is 75.3 Å². The molecule has 3 unspecified atom stereocenters. The lowest BCUT2D eigenvalue weighted by Gasteiger charge is -2.38. The molecule has 140 valence electrons. The van der Waals surface area contributed by atoms with Gasteiger partial charge in [0.1, 0.15) is 0 Å². The first-order chi connectivity index (χ1) is 13.1. The predicted octanol–water partition coefficient (Wildman–Crippen LogP) is 5.96. The van der Waals surface area contributed by atoms with Crippen molar-refractivity contribution in [3.63, 3.8) is 0 Å². The van der Waals surface area contributed by atoms with E-state index in [-0.39, 0.29) is 17.9 Å². The third-order valence-electron chi connectivity index (χ3n) is 5.48. The first-order valence-electron chi connectivity index (χ1n) is 9.39. The number of hydrogen-bond donors (Lipinski definition) is 2. The van der Waals surface area contributed by atoms with Crippen LogP contribution in [0.25, 0.3) is 0 Å². The topological polar surface area (TPSA) is 41.1 Å². The lowest BCUT2D eigenvalue weighted by atomic mass is 9.76. The van der Waals surface area contributed by atoms with Gasteiger partial charge in [-0.25, -0.2) is 0 Å². The Bertz CT molecular complexity index is 909. The molecular formula is C22H22Cl2N2O. The second-order valence-electron chi connectivity index (χ2n) is 7.18. The Balaban J connectivity index is 1.70. The van der Waals surface area contributed by atoms with E-state index in [0.29, 0.717) is 28.1 Å². The van der Waals surface area contributed by atoms with E-state index >= 15 is 0 Å². The van der Waals surface area contributed by atoms with Crippen LogP contribution in [0.4, 0.5) is 5.69 Å². The van der Waals surface area contributed by atoms with Crippen LogP contribution in [0.5, 0.6) is 0 Å². The van der Waals surface area contributed by atoms with E-state index in [9.17, 15) is 4.79 Å². The molecule has 0 aromatic heterocycles. The molecule has 2 aliphatic rings. The zero-order chi connectivity index (χ0) is 19.0. The monoisotopic (exact) mass is 400 g/mol. The van der Waals surface area contributed by atoms with E-state index < -0.39 is 0 Å². The first kappa shape index (κ1) is 18.4. The summed E-state index contributed by atoms with van der Waals surface area (Å²) in [6.45, 7) is 2.74. The Morgan fingerprint density at radius 1 is 1.22 bits per heavy atom. The smallest absolute Gasteiger partial charge is 0.251 e. The zero-order valence-electron chi connectivity index (χ0n) is 15.1. The fraction of sp³-hybridized carbons (Fsp3) is 0.318. The van der Waals surface area contributed by atoms with Crippen LogP contribution in [0.1, 0.15) is 53.2 Å². The van der Waals surface area contributed by atoms with E-state index in [1.807, 2.05) is 43.3 Å². The molecule has 2 aromatic carbocycles. The number of rotatable bonds is 4. The van der Waals surface area contributed by atoms with Crippen molar-refractivity contribution >= 4 is 34.8 Å². The molecule has 27 heavy (non-hydrogen) atoms. The Kier molecular flexibility index (Phi) is 5.16. The molecule has 2 aromatic rings. The lowest BCUT2D eigenvalue weighted by molar-refractivity contribution is 0.0953. The van der Waals surface area contributed by atoms with E-state index in [4.69, 9.17) is 23.2 Å². The number of allylic oxidation sites excluding steroid dienone is 2. The van der Waals surface area contributed by atoms with Gasteiger partial charge in [0.2, 0.25) is 0 Å². The molecule has 3 nitrogen and oxygen atoms in total. The summed E-state index contributed by atoms with van der Waals surface area (Å²) < 4.78 is 0. The summed E-state index contributed by atoms with van der Waals surface area (Å²) in [5.74, 6) is 0.598. The standard InChI is InChI=1S/C22H22Cl2N2O/c1-2-11-25-22(27)13-9-10-19-17(12-13)14-5-3-6-15(14)21(26-19)16-7-4-8-18(23)20(16)24/h3-5,7-10,12,14-15,21,26H,2,6,11H2,1H3,(H,25,27). The van der Waals surface area contributed by atoms with Crippen LogP contribution >= 0.6 is 23.2 Å². The van der Waals surface area contributed by atoms with Crippen molar-refractivity contribution < 1.29 is 4.79 Å². The summed E-state index contributed by atoms with van der Waals surface area (Å²) in [4.78, 5) is 12.4. The lowest BCUT2D eigenvalue weighted by Crippen LogP contribution is -2.30. The van der Waals surface area contributed by atoms with Gasteiger partial charge in [0.05, 0.1) is 16.1 Å². The highest BCUT2D eigenvalue weighted by molar-refractivity contribution is 6.42. The van der Waals surface area contributed by atoms with Gasteiger partial charge >= 0.3 is 0 Å². The third kappa shape index (κ3) is 3.35. The van der Waals surface area contributed by atoms with Gasteiger partial charge in [-0.2, -0.15) is 0 Å². The fourth-order valence-electron chi connectivity index (χ4n) is 4.14. The first-order valence-corrected chi connectivity index (χ1v) is 10.1. The van der Waals surface area contributed by atoms with Gasteiger partial charge in [0.15, 0.2) is 0 Å². The third-order valence-corrected chi connectivity index (χ3v) is 6.31. The summed E-state index contributed by atoms with van der Waals surface area (Å²) in [7, 11) is 0. The second-order valence-corrected chi connectivity index (χ2v) is 7.96. The summed E-state index contributed by atoms with van der Waals surface area (Å²) in [5, 5.41) is 7.79. The summed E-state index contributed by atoms with van der Waals surface area (Å²) in [5.41, 5.74) is 3.96. The SMILES string of the molecule is CCCNC(=O)c1ccc2c(c1)C1C=CCC1C(c1cccc(Cl)c1Cl)N2. The number of hydrogen-bond acceptors (Lipinski definition) is 2. The maximum Gasteiger partial charge on any atom is 0.251 e. The highest BCUT2D eigenvalue weighted by atomic mass is 35.5. The molecular weight excluding hydrogens is 379 g/mol. The highest BCUT2D eigenvalue weighted by Gasteiger charge is 2.39. The number of carbonyl (C=O) groups is 1. The maximum absolute atomic E-state index is 12.4. The van der Waals surface area contributed by atoms with Crippen molar-refractivity contribution in [3.8, 4) is 0 Å². The molecule has 0 spiro atoms. The van der Waals surface area contributed by atoms with Gasteiger partial charge < -0.3 is 10.6 Å². The molecule has 5 heteroatoms. The van der Waals surface area contributed by atoms with Crippen LogP contribution in [0.2, 0.25) is 10.0 Å². The van der Waals surface area contributed by atoms with Crippen LogP contribution < -0.4 is 10.6 Å². The summed E-state index contributed by atoms with van der Waals surface area (Å²) in [6.07, 6.45) is 6.37. The molecule has 0 saturated carbocycles. The highest BCUT2D eigenvalue weighted by Crippen LogP contribution is 2.51. The number of fused-ring (bicyclic) bond motifs is 3. The molecule has 0 radical (unpaired) electrons. The molecule has 1 aliphatic carbocycles. The van der Waals surface area contributed by atoms with Crippen LogP contribution in [-0.2, 0) is 0 Å². The normalized spacial score (nSPS) is 22.7. The van der Waals surface area contributed by atoms with E-state index in [1.165, 1.54) is 5.56 Å². The van der Waals surface area contributed by atoms with Crippen molar-refractivity contribution in [1.82, 2.24) is 5.32 Å². The van der Waals surface area contributed by atoms with Gasteiger partial charge in [-0.1, -0.05) is 54.4 Å². The molecule has 0 bridgehead atoms. The number of amides is 1. The Morgan fingerprint density at radius 3 is 2.89 bits per heavy atom. The van der Waals surface area contributed by atoms with E-state index in [2.05, 4.69) is 22.8 Å². The van der Waals surface area contributed by atoms with Crippen molar-refractivity contribution in [2.45, 2.75) is 31.7 Å². The van der Waals surface area contributed by atoms with E-state index in [0.717, 1.165) is 24.1 Å². The van der Waals surface area contributed by atoms with Crippen molar-refractivity contribution in [1.29, 1.82) is 0 Å². The predicted molar refractivity (Wildman–Crippen MR) is 112 cm³/mol. The summed E-state index contributed by atoms with van der Waals surface area (Å²) >= 11 is 12.8. The largest absolute Gasteiger partial charge is 0.378 e. The molecule has 1 aliphatic heterocycles. The van der Waals surface area contributed by atoms with Gasteiger partial charge in [-0.15, -0.1) is 0 Å². The van der Waals surface area contributed by atoms with Gasteiger partial charge in [-0.05, 0) is 54.2 Å². The minimum atomic E-state index is -0.0156. The minimum Gasteiger partial charge on any atom is -0.378 e. The number of halogens is 2. The van der Waals surface area contributed by atoms with Gasteiger partial charge in [0, 0.05) is 23.7 Å². The quantitative estimate of drug-likeness (QED) is 0.621. The van der Waals surface area contributed by atoms with Gasteiger partial charge in [0.25, 0.3) is 5.91 Å². The average molecular weight is 401 g/mol. The number of benzene rings is 2. The second kappa shape index (κ2) is 7.57. The molecule has 1 heterocycles. The Hall–Kier alpha value is -1.97. The molecule has 4 rings (SSSR count). The van der Waals surface area contributed by atoms with Gasteiger partial charge in [-0.3, -0.25) is 4.79 Å².